The molecule has 172 valence electrons. The lowest BCUT2D eigenvalue weighted by molar-refractivity contribution is -0.153. The standard InChI is InChI=1S/C19H28F3N3O4.HI/c1-23-18(24-7-3-8-28-15-6-9-27-12-15)25-11-14-4-5-16(17(10-14)26-2)29-13-19(20,21)22;/h4-5,10,15H,3,6-9,11-13H2,1-2H3,(H2,23,24,25);1H. The van der Waals surface area contributed by atoms with Crippen molar-refractivity contribution in [3.05, 3.63) is 23.8 Å². The summed E-state index contributed by atoms with van der Waals surface area (Å²) in [6.07, 6.45) is -2.43. The highest BCUT2D eigenvalue weighted by molar-refractivity contribution is 14.0. The van der Waals surface area contributed by atoms with Gasteiger partial charge in [0.1, 0.15) is 0 Å². The van der Waals surface area contributed by atoms with E-state index in [1.54, 1.807) is 19.2 Å². The summed E-state index contributed by atoms with van der Waals surface area (Å²) < 4.78 is 57.8. The van der Waals surface area contributed by atoms with Crippen molar-refractivity contribution in [1.29, 1.82) is 0 Å². The number of halogens is 4. The molecule has 0 radical (unpaired) electrons. The van der Waals surface area contributed by atoms with Crippen LogP contribution in [0, 0.1) is 0 Å². The Hall–Kier alpha value is -1.47. The molecule has 0 aromatic heterocycles. The molecule has 2 rings (SSSR count). The molecule has 11 heteroatoms. The molecule has 1 saturated heterocycles. The maximum atomic E-state index is 12.3. The van der Waals surface area contributed by atoms with Crippen molar-refractivity contribution < 1.29 is 32.1 Å². The summed E-state index contributed by atoms with van der Waals surface area (Å²) in [6.45, 7) is 1.83. The van der Waals surface area contributed by atoms with E-state index in [2.05, 4.69) is 15.6 Å². The second kappa shape index (κ2) is 13.8. The Balaban J connectivity index is 0.00000450. The lowest BCUT2D eigenvalue weighted by Crippen LogP contribution is -2.37. The Morgan fingerprint density at radius 2 is 2.07 bits per heavy atom. The summed E-state index contributed by atoms with van der Waals surface area (Å²) in [7, 11) is 3.05. The molecule has 1 aromatic carbocycles. The van der Waals surface area contributed by atoms with Gasteiger partial charge in [0.25, 0.3) is 0 Å². The zero-order chi connectivity index (χ0) is 21.1. The molecular formula is C19H29F3IN3O4. The van der Waals surface area contributed by atoms with Crippen molar-refractivity contribution in [3.8, 4) is 11.5 Å². The van der Waals surface area contributed by atoms with Gasteiger partial charge in [-0.05, 0) is 30.5 Å². The van der Waals surface area contributed by atoms with Gasteiger partial charge in [0.15, 0.2) is 24.1 Å². The van der Waals surface area contributed by atoms with Crippen LogP contribution in [0.3, 0.4) is 0 Å². The summed E-state index contributed by atoms with van der Waals surface area (Å²) in [5.74, 6) is 0.902. The Bertz CT molecular complexity index is 656. The van der Waals surface area contributed by atoms with E-state index in [4.69, 9.17) is 18.9 Å². The predicted octanol–water partition coefficient (Wildman–Crippen LogP) is 3.11. The largest absolute Gasteiger partial charge is 0.493 e. The number of methoxy groups -OCH3 is 1. The number of benzene rings is 1. The van der Waals surface area contributed by atoms with Crippen LogP contribution in [0.4, 0.5) is 13.2 Å². The first kappa shape index (κ1) is 26.6. The van der Waals surface area contributed by atoms with Gasteiger partial charge in [0.05, 0.1) is 19.8 Å². The third kappa shape index (κ3) is 10.0. The molecule has 30 heavy (non-hydrogen) atoms. The number of nitrogens with zero attached hydrogens (tertiary/aromatic N) is 1. The van der Waals surface area contributed by atoms with Crippen LogP contribution in [-0.2, 0) is 16.0 Å². The Kier molecular flexibility index (Phi) is 12.2. The molecule has 0 bridgehead atoms. The highest BCUT2D eigenvalue weighted by atomic mass is 127. The molecule has 7 nitrogen and oxygen atoms in total. The maximum absolute atomic E-state index is 12.3. The Morgan fingerprint density at radius 1 is 1.27 bits per heavy atom. The lowest BCUT2D eigenvalue weighted by Gasteiger charge is -2.15. The number of hydrogen-bond acceptors (Lipinski definition) is 5. The number of rotatable bonds is 10. The third-order valence-electron chi connectivity index (χ3n) is 4.16. The molecule has 1 aliphatic rings. The summed E-state index contributed by atoms with van der Waals surface area (Å²) in [6, 6.07) is 4.76. The first-order valence-corrected chi connectivity index (χ1v) is 9.41. The van der Waals surface area contributed by atoms with Gasteiger partial charge >= 0.3 is 6.18 Å². The van der Waals surface area contributed by atoms with Gasteiger partial charge in [-0.15, -0.1) is 24.0 Å². The van der Waals surface area contributed by atoms with Crippen molar-refractivity contribution in [1.82, 2.24) is 10.6 Å². The SMILES string of the molecule is CN=C(NCCCOC1CCOC1)NCc1ccc(OCC(F)(F)F)c(OC)c1.I. The highest BCUT2D eigenvalue weighted by Crippen LogP contribution is 2.29. The molecule has 1 atom stereocenters. The second-order valence-corrected chi connectivity index (χ2v) is 6.45. The molecule has 1 aliphatic heterocycles. The van der Waals surface area contributed by atoms with Crippen LogP contribution in [0.25, 0.3) is 0 Å². The van der Waals surface area contributed by atoms with Crippen LogP contribution in [0.1, 0.15) is 18.4 Å². The number of hydrogen-bond donors (Lipinski definition) is 2. The predicted molar refractivity (Wildman–Crippen MR) is 118 cm³/mol. The van der Waals surface area contributed by atoms with E-state index in [0.29, 0.717) is 32.3 Å². The lowest BCUT2D eigenvalue weighted by atomic mass is 10.2. The van der Waals surface area contributed by atoms with Gasteiger partial charge in [-0.25, -0.2) is 0 Å². The number of alkyl halides is 3. The van der Waals surface area contributed by atoms with Gasteiger partial charge in [-0.2, -0.15) is 13.2 Å². The number of ether oxygens (including phenoxy) is 4. The van der Waals surface area contributed by atoms with E-state index < -0.39 is 12.8 Å². The zero-order valence-electron chi connectivity index (χ0n) is 17.1. The van der Waals surface area contributed by atoms with Gasteiger partial charge in [0, 0.05) is 33.4 Å². The average molecular weight is 547 g/mol. The van der Waals surface area contributed by atoms with Crippen LogP contribution < -0.4 is 20.1 Å². The van der Waals surface area contributed by atoms with Crippen molar-refractivity contribution in [2.75, 3.05) is 47.1 Å². The van der Waals surface area contributed by atoms with Crippen molar-refractivity contribution in [2.24, 2.45) is 4.99 Å². The van der Waals surface area contributed by atoms with Crippen molar-refractivity contribution in [3.63, 3.8) is 0 Å². The van der Waals surface area contributed by atoms with E-state index in [-0.39, 0.29) is 41.6 Å². The number of nitrogens with one attached hydrogen (secondary N) is 2. The Morgan fingerprint density at radius 3 is 2.70 bits per heavy atom. The van der Waals surface area contributed by atoms with E-state index in [1.807, 2.05) is 0 Å². The number of guanidine groups is 1. The fourth-order valence-electron chi connectivity index (χ4n) is 2.68. The molecule has 1 aromatic rings. The van der Waals surface area contributed by atoms with E-state index >= 15 is 0 Å². The molecule has 1 unspecified atom stereocenters. The monoisotopic (exact) mass is 547 g/mol. The summed E-state index contributed by atoms with van der Waals surface area (Å²) in [5, 5.41) is 6.34. The van der Waals surface area contributed by atoms with E-state index in [0.717, 1.165) is 25.0 Å². The van der Waals surface area contributed by atoms with Crippen molar-refractivity contribution in [2.45, 2.75) is 31.7 Å². The molecule has 1 heterocycles. The smallest absolute Gasteiger partial charge is 0.422 e. The second-order valence-electron chi connectivity index (χ2n) is 6.45. The summed E-state index contributed by atoms with van der Waals surface area (Å²) >= 11 is 0. The van der Waals surface area contributed by atoms with Crippen LogP contribution in [-0.4, -0.2) is 65.4 Å². The van der Waals surface area contributed by atoms with Gasteiger partial charge in [-0.1, -0.05) is 6.07 Å². The van der Waals surface area contributed by atoms with Crippen molar-refractivity contribution >= 4 is 29.9 Å². The van der Waals surface area contributed by atoms with Gasteiger partial charge < -0.3 is 29.6 Å². The quantitative estimate of drug-likeness (QED) is 0.203. The molecule has 0 saturated carbocycles. The Labute approximate surface area is 191 Å². The van der Waals surface area contributed by atoms with Crippen LogP contribution >= 0.6 is 24.0 Å². The first-order valence-electron chi connectivity index (χ1n) is 9.41. The topological polar surface area (TPSA) is 73.3 Å². The molecule has 1 fully saturated rings. The maximum Gasteiger partial charge on any atom is 0.422 e. The third-order valence-corrected chi connectivity index (χ3v) is 4.16. The molecule has 0 spiro atoms. The highest BCUT2D eigenvalue weighted by Gasteiger charge is 2.29. The van der Waals surface area contributed by atoms with Gasteiger partial charge in [-0.3, -0.25) is 4.99 Å². The van der Waals surface area contributed by atoms with E-state index in [9.17, 15) is 13.2 Å². The zero-order valence-corrected chi connectivity index (χ0v) is 19.4. The minimum Gasteiger partial charge on any atom is -0.493 e. The average Bonchev–Trinajstić information content (AvgIpc) is 3.21. The van der Waals surface area contributed by atoms with Crippen LogP contribution in [0.15, 0.2) is 23.2 Å². The molecule has 0 aliphatic carbocycles. The molecular weight excluding hydrogens is 518 g/mol. The van der Waals surface area contributed by atoms with Crippen LogP contribution in [0.5, 0.6) is 11.5 Å². The van der Waals surface area contributed by atoms with Crippen LogP contribution in [0.2, 0.25) is 0 Å². The fraction of sp³-hybridized carbons (Fsp3) is 0.632. The first-order chi connectivity index (χ1) is 13.9. The summed E-state index contributed by atoms with van der Waals surface area (Å²) in [4.78, 5) is 4.15. The van der Waals surface area contributed by atoms with Gasteiger partial charge in [0.2, 0.25) is 0 Å². The fourth-order valence-corrected chi connectivity index (χ4v) is 2.68. The minimum atomic E-state index is -4.40. The van der Waals surface area contributed by atoms with E-state index in [1.165, 1.54) is 13.2 Å². The number of aliphatic imine (C=N–C) groups is 1. The molecule has 2 N–H and O–H groups in total. The molecule has 0 amide bonds. The summed E-state index contributed by atoms with van der Waals surface area (Å²) in [5.41, 5.74) is 0.814. The minimum absolute atomic E-state index is 0. The normalized spacial score (nSPS) is 16.7.